The first-order chi connectivity index (χ1) is 6.93. The van der Waals surface area contributed by atoms with E-state index in [1.54, 1.807) is 6.92 Å². The lowest BCUT2D eigenvalue weighted by Crippen LogP contribution is -2.38. The van der Waals surface area contributed by atoms with Crippen molar-refractivity contribution < 1.29 is 4.79 Å². The van der Waals surface area contributed by atoms with E-state index in [-0.39, 0.29) is 5.91 Å². The molecule has 0 aromatic carbocycles. The van der Waals surface area contributed by atoms with Crippen LogP contribution in [0.5, 0.6) is 0 Å². The second-order valence-corrected chi connectivity index (χ2v) is 5.78. The minimum atomic E-state index is 0.0848. The Morgan fingerprint density at radius 1 is 1.60 bits per heavy atom. The Kier molecular flexibility index (Phi) is 4.59. The second-order valence-electron chi connectivity index (χ2n) is 5.22. The third-order valence-corrected chi connectivity index (χ3v) is 4.21. The van der Waals surface area contributed by atoms with E-state index in [9.17, 15) is 4.79 Å². The molecular formula is C11H21BrN2O. The van der Waals surface area contributed by atoms with Gasteiger partial charge >= 0.3 is 0 Å². The van der Waals surface area contributed by atoms with E-state index in [0.29, 0.717) is 11.5 Å². The van der Waals surface area contributed by atoms with Crippen LogP contribution in [0.1, 0.15) is 27.2 Å². The molecular weight excluding hydrogens is 256 g/mol. The van der Waals surface area contributed by atoms with Crippen molar-refractivity contribution in [1.29, 1.82) is 0 Å². The molecule has 0 aliphatic carbocycles. The Hall–Kier alpha value is -0.0900. The van der Waals surface area contributed by atoms with Crippen LogP contribution >= 0.6 is 15.9 Å². The van der Waals surface area contributed by atoms with Gasteiger partial charge in [0.05, 0.1) is 0 Å². The number of nitrogens with one attached hydrogen (secondary N) is 1. The molecule has 1 unspecified atom stereocenters. The van der Waals surface area contributed by atoms with Gasteiger partial charge in [-0.15, -0.1) is 0 Å². The number of carbonyl (C=O) groups excluding carboxylic acids is 1. The number of carbonyl (C=O) groups is 1. The number of rotatable bonds is 4. The van der Waals surface area contributed by atoms with Crippen LogP contribution in [-0.2, 0) is 4.79 Å². The lowest BCUT2D eigenvalue weighted by molar-refractivity contribution is -0.119. The van der Waals surface area contributed by atoms with Crippen LogP contribution in [0.4, 0.5) is 0 Å². The quantitative estimate of drug-likeness (QED) is 0.792. The largest absolute Gasteiger partial charge is 0.352 e. The highest BCUT2D eigenvalue weighted by atomic mass is 79.9. The van der Waals surface area contributed by atoms with Gasteiger partial charge in [-0.05, 0) is 11.8 Å². The molecule has 3 nitrogen and oxygen atoms in total. The summed E-state index contributed by atoms with van der Waals surface area (Å²) in [5.41, 5.74) is 0.311. The highest BCUT2D eigenvalue weighted by molar-refractivity contribution is 9.09. The zero-order chi connectivity index (χ0) is 11.5. The molecule has 1 atom stereocenters. The van der Waals surface area contributed by atoms with Crippen molar-refractivity contribution in [2.75, 3.05) is 25.0 Å². The van der Waals surface area contributed by atoms with Crippen LogP contribution in [0.15, 0.2) is 0 Å². The monoisotopic (exact) mass is 276 g/mol. The van der Waals surface area contributed by atoms with Crippen molar-refractivity contribution in [2.24, 2.45) is 5.41 Å². The molecule has 0 bridgehead atoms. The minimum Gasteiger partial charge on any atom is -0.352 e. The van der Waals surface area contributed by atoms with Crippen molar-refractivity contribution in [1.82, 2.24) is 10.2 Å². The van der Waals surface area contributed by atoms with Crippen LogP contribution in [0.2, 0.25) is 0 Å². The first kappa shape index (κ1) is 13.0. The maximum atomic E-state index is 10.9. The average molecular weight is 277 g/mol. The Bertz CT molecular complexity index is 231. The molecule has 1 N–H and O–H groups in total. The normalized spacial score (nSPS) is 23.1. The minimum absolute atomic E-state index is 0.0848. The van der Waals surface area contributed by atoms with Crippen molar-refractivity contribution in [2.45, 2.75) is 33.2 Å². The van der Waals surface area contributed by atoms with E-state index in [0.717, 1.165) is 31.4 Å². The summed E-state index contributed by atoms with van der Waals surface area (Å²) in [5, 5.41) is 4.00. The van der Waals surface area contributed by atoms with Gasteiger partial charge in [-0.25, -0.2) is 0 Å². The SMILES string of the molecule is CC(=O)NC1CCN(CC(C)(C)CBr)C1. The van der Waals surface area contributed by atoms with Crippen LogP contribution in [0, 0.1) is 5.41 Å². The van der Waals surface area contributed by atoms with Gasteiger partial charge in [-0.1, -0.05) is 29.8 Å². The number of alkyl halides is 1. The molecule has 4 heteroatoms. The fourth-order valence-corrected chi connectivity index (χ4v) is 2.21. The first-order valence-electron chi connectivity index (χ1n) is 5.48. The summed E-state index contributed by atoms with van der Waals surface area (Å²) >= 11 is 3.54. The molecule has 0 aromatic heterocycles. The molecule has 1 saturated heterocycles. The maximum absolute atomic E-state index is 10.9. The summed E-state index contributed by atoms with van der Waals surface area (Å²) in [4.78, 5) is 13.3. The third kappa shape index (κ3) is 4.51. The van der Waals surface area contributed by atoms with E-state index in [4.69, 9.17) is 0 Å². The van der Waals surface area contributed by atoms with Crippen LogP contribution in [-0.4, -0.2) is 41.8 Å². The zero-order valence-electron chi connectivity index (χ0n) is 9.85. The van der Waals surface area contributed by atoms with Gasteiger partial charge in [-0.3, -0.25) is 4.79 Å². The van der Waals surface area contributed by atoms with Crippen molar-refractivity contribution in [3.63, 3.8) is 0 Å². The number of nitrogens with zero attached hydrogens (tertiary/aromatic N) is 1. The molecule has 1 rings (SSSR count). The lowest BCUT2D eigenvalue weighted by Gasteiger charge is -2.28. The van der Waals surface area contributed by atoms with Crippen LogP contribution < -0.4 is 5.32 Å². The molecule has 15 heavy (non-hydrogen) atoms. The van der Waals surface area contributed by atoms with Gasteiger partial charge in [0.1, 0.15) is 0 Å². The Balaban J connectivity index is 2.33. The molecule has 1 aliphatic rings. The van der Waals surface area contributed by atoms with Crippen LogP contribution in [0.3, 0.4) is 0 Å². The van der Waals surface area contributed by atoms with Crippen molar-refractivity contribution in [3.05, 3.63) is 0 Å². The molecule has 1 amide bonds. The van der Waals surface area contributed by atoms with Gasteiger partial charge in [0, 0.05) is 37.9 Å². The number of hydrogen-bond acceptors (Lipinski definition) is 2. The maximum Gasteiger partial charge on any atom is 0.217 e. The summed E-state index contributed by atoms with van der Waals surface area (Å²) in [6.45, 7) is 9.29. The molecule has 88 valence electrons. The highest BCUT2D eigenvalue weighted by Crippen LogP contribution is 2.22. The van der Waals surface area contributed by atoms with Gasteiger partial charge in [-0.2, -0.15) is 0 Å². The first-order valence-corrected chi connectivity index (χ1v) is 6.60. The summed E-state index contributed by atoms with van der Waals surface area (Å²) in [7, 11) is 0. The average Bonchev–Trinajstić information content (AvgIpc) is 2.50. The van der Waals surface area contributed by atoms with Gasteiger partial charge in [0.15, 0.2) is 0 Å². The fraction of sp³-hybridized carbons (Fsp3) is 0.909. The Morgan fingerprint density at radius 2 is 2.27 bits per heavy atom. The Labute approximate surface area is 101 Å². The number of hydrogen-bond donors (Lipinski definition) is 1. The Morgan fingerprint density at radius 3 is 2.80 bits per heavy atom. The number of likely N-dealkylation sites (tertiary alicyclic amines) is 1. The highest BCUT2D eigenvalue weighted by Gasteiger charge is 2.27. The zero-order valence-corrected chi connectivity index (χ0v) is 11.4. The molecule has 1 fully saturated rings. The molecule has 1 aliphatic heterocycles. The van der Waals surface area contributed by atoms with E-state index >= 15 is 0 Å². The molecule has 0 aromatic rings. The predicted octanol–water partition coefficient (Wildman–Crippen LogP) is 1.62. The smallest absolute Gasteiger partial charge is 0.217 e. The lowest BCUT2D eigenvalue weighted by atomic mass is 9.96. The fourth-order valence-electron chi connectivity index (χ4n) is 2.03. The van der Waals surface area contributed by atoms with E-state index in [2.05, 4.69) is 40.0 Å². The second kappa shape index (κ2) is 5.30. The van der Waals surface area contributed by atoms with Gasteiger partial charge in [0.25, 0.3) is 0 Å². The predicted molar refractivity (Wildman–Crippen MR) is 66.2 cm³/mol. The van der Waals surface area contributed by atoms with Gasteiger partial charge in [0.2, 0.25) is 5.91 Å². The molecule has 0 spiro atoms. The standard InChI is InChI=1S/C11H21BrN2O/c1-9(15)13-10-4-5-14(6-10)8-11(2,3)7-12/h10H,4-8H2,1-3H3,(H,13,15). The summed E-state index contributed by atoms with van der Waals surface area (Å²) in [5.74, 6) is 0.0848. The van der Waals surface area contributed by atoms with Gasteiger partial charge < -0.3 is 10.2 Å². The molecule has 0 saturated carbocycles. The van der Waals surface area contributed by atoms with E-state index in [1.165, 1.54) is 0 Å². The van der Waals surface area contributed by atoms with E-state index in [1.807, 2.05) is 0 Å². The van der Waals surface area contributed by atoms with Crippen molar-refractivity contribution >= 4 is 21.8 Å². The molecule has 1 heterocycles. The van der Waals surface area contributed by atoms with Crippen molar-refractivity contribution in [3.8, 4) is 0 Å². The summed E-state index contributed by atoms with van der Waals surface area (Å²) in [6, 6.07) is 0.355. The number of halogens is 1. The van der Waals surface area contributed by atoms with E-state index < -0.39 is 0 Å². The number of amides is 1. The summed E-state index contributed by atoms with van der Waals surface area (Å²) < 4.78 is 0. The topological polar surface area (TPSA) is 32.3 Å². The third-order valence-electron chi connectivity index (χ3n) is 2.69. The van der Waals surface area contributed by atoms with Crippen LogP contribution in [0.25, 0.3) is 0 Å². The summed E-state index contributed by atoms with van der Waals surface area (Å²) in [6.07, 6.45) is 1.08. The molecule has 0 radical (unpaired) electrons.